The number of methoxy groups -OCH3 is 1. The maximum Gasteiger partial charge on any atom is 0.275 e. The molecule has 0 aromatic heterocycles. The van der Waals surface area contributed by atoms with Crippen molar-refractivity contribution in [2.24, 2.45) is 5.10 Å². The predicted octanol–water partition coefficient (Wildman–Crippen LogP) is 3.12. The summed E-state index contributed by atoms with van der Waals surface area (Å²) in [7, 11) is 1.53. The molecule has 0 saturated heterocycles. The summed E-state index contributed by atoms with van der Waals surface area (Å²) in [4.78, 5) is 11.9. The number of carbonyl (C=O) groups excluding carboxylic acids is 1. The number of para-hydroxylation sites is 1. The van der Waals surface area contributed by atoms with E-state index in [1.807, 2.05) is 42.5 Å². The minimum absolute atomic E-state index is 0.309. The minimum atomic E-state index is -0.309. The standard InChI is InChI=1S/C17H16N2O2/c1-21-16-12-6-5-11-15(16)17(20)19-18-13-7-10-14-8-3-2-4-9-14/h2-13H,1H3,(H,19,20)/b10-7+,18-13+. The van der Waals surface area contributed by atoms with E-state index in [1.54, 1.807) is 24.3 Å². The molecule has 0 aliphatic rings. The van der Waals surface area contributed by atoms with Gasteiger partial charge in [0.05, 0.1) is 12.7 Å². The van der Waals surface area contributed by atoms with E-state index < -0.39 is 0 Å². The van der Waals surface area contributed by atoms with Gasteiger partial charge in [0, 0.05) is 6.21 Å². The Balaban J connectivity index is 1.92. The normalized spacial score (nSPS) is 10.9. The van der Waals surface area contributed by atoms with Crippen LogP contribution < -0.4 is 10.2 Å². The van der Waals surface area contributed by atoms with E-state index >= 15 is 0 Å². The predicted molar refractivity (Wildman–Crippen MR) is 84.4 cm³/mol. The third-order valence-corrected chi connectivity index (χ3v) is 2.77. The van der Waals surface area contributed by atoms with Crippen LogP contribution >= 0.6 is 0 Å². The van der Waals surface area contributed by atoms with Crippen LogP contribution in [0.5, 0.6) is 5.75 Å². The lowest BCUT2D eigenvalue weighted by Crippen LogP contribution is -2.18. The van der Waals surface area contributed by atoms with Crippen LogP contribution in [-0.4, -0.2) is 19.2 Å². The maximum absolute atomic E-state index is 11.9. The van der Waals surface area contributed by atoms with Crippen molar-refractivity contribution in [1.82, 2.24) is 5.43 Å². The van der Waals surface area contributed by atoms with Gasteiger partial charge in [-0.25, -0.2) is 5.43 Å². The van der Waals surface area contributed by atoms with E-state index in [2.05, 4.69) is 10.5 Å². The monoisotopic (exact) mass is 280 g/mol. The number of nitrogens with zero attached hydrogens (tertiary/aromatic N) is 1. The quantitative estimate of drug-likeness (QED) is 0.675. The molecular formula is C17H16N2O2. The minimum Gasteiger partial charge on any atom is -0.496 e. The first-order valence-electron chi connectivity index (χ1n) is 6.49. The summed E-state index contributed by atoms with van der Waals surface area (Å²) in [6.45, 7) is 0. The fraction of sp³-hybridized carbons (Fsp3) is 0.0588. The molecular weight excluding hydrogens is 264 g/mol. The van der Waals surface area contributed by atoms with Gasteiger partial charge in [-0.1, -0.05) is 48.5 Å². The van der Waals surface area contributed by atoms with E-state index in [0.29, 0.717) is 11.3 Å². The number of benzene rings is 2. The van der Waals surface area contributed by atoms with Gasteiger partial charge in [-0.3, -0.25) is 4.79 Å². The average Bonchev–Trinajstić information content (AvgIpc) is 2.55. The number of nitrogens with one attached hydrogen (secondary N) is 1. The van der Waals surface area contributed by atoms with Gasteiger partial charge in [0.15, 0.2) is 0 Å². The highest BCUT2D eigenvalue weighted by molar-refractivity contribution is 5.97. The van der Waals surface area contributed by atoms with Crippen molar-refractivity contribution in [3.8, 4) is 5.75 Å². The Morgan fingerprint density at radius 2 is 1.81 bits per heavy atom. The Morgan fingerprint density at radius 3 is 2.57 bits per heavy atom. The lowest BCUT2D eigenvalue weighted by atomic mass is 10.2. The van der Waals surface area contributed by atoms with Gasteiger partial charge in [-0.05, 0) is 23.8 Å². The third kappa shape index (κ3) is 4.31. The van der Waals surface area contributed by atoms with Gasteiger partial charge < -0.3 is 4.74 Å². The summed E-state index contributed by atoms with van der Waals surface area (Å²) in [5.74, 6) is 0.210. The topological polar surface area (TPSA) is 50.7 Å². The van der Waals surface area contributed by atoms with Crippen molar-refractivity contribution in [3.63, 3.8) is 0 Å². The van der Waals surface area contributed by atoms with Crippen LogP contribution in [0, 0.1) is 0 Å². The molecule has 4 nitrogen and oxygen atoms in total. The second-order valence-corrected chi connectivity index (χ2v) is 4.19. The van der Waals surface area contributed by atoms with E-state index in [0.717, 1.165) is 5.56 Å². The number of rotatable bonds is 5. The van der Waals surface area contributed by atoms with Crippen molar-refractivity contribution in [2.45, 2.75) is 0 Å². The van der Waals surface area contributed by atoms with E-state index in [4.69, 9.17) is 4.74 Å². The lowest BCUT2D eigenvalue weighted by molar-refractivity contribution is 0.0952. The van der Waals surface area contributed by atoms with Gasteiger partial charge in [-0.2, -0.15) is 5.10 Å². The van der Waals surface area contributed by atoms with Crippen LogP contribution in [0.25, 0.3) is 6.08 Å². The first-order valence-corrected chi connectivity index (χ1v) is 6.49. The second kappa shape index (κ2) is 7.65. The van der Waals surface area contributed by atoms with Gasteiger partial charge in [0.1, 0.15) is 5.75 Å². The van der Waals surface area contributed by atoms with Crippen LogP contribution in [0.2, 0.25) is 0 Å². The molecule has 0 radical (unpaired) electrons. The zero-order valence-electron chi connectivity index (χ0n) is 11.7. The van der Waals surface area contributed by atoms with Gasteiger partial charge >= 0.3 is 0 Å². The summed E-state index contributed by atoms with van der Waals surface area (Å²) in [5, 5.41) is 3.87. The Hall–Kier alpha value is -2.88. The molecule has 0 spiro atoms. The Kier molecular flexibility index (Phi) is 5.29. The molecule has 2 aromatic rings. The molecule has 2 rings (SSSR count). The smallest absolute Gasteiger partial charge is 0.275 e. The molecule has 106 valence electrons. The van der Waals surface area contributed by atoms with Crippen molar-refractivity contribution in [3.05, 3.63) is 71.8 Å². The molecule has 0 aliphatic carbocycles. The molecule has 4 heteroatoms. The molecule has 0 heterocycles. The first-order chi connectivity index (χ1) is 10.3. The Morgan fingerprint density at radius 1 is 1.10 bits per heavy atom. The highest BCUT2D eigenvalue weighted by Gasteiger charge is 2.09. The molecule has 1 N–H and O–H groups in total. The molecule has 0 fully saturated rings. The SMILES string of the molecule is COc1ccccc1C(=O)N/N=C/C=C/c1ccccc1. The molecule has 2 aromatic carbocycles. The fourth-order valence-electron chi connectivity index (χ4n) is 1.75. The lowest BCUT2D eigenvalue weighted by Gasteiger charge is -2.05. The summed E-state index contributed by atoms with van der Waals surface area (Å²) < 4.78 is 5.13. The second-order valence-electron chi connectivity index (χ2n) is 4.19. The van der Waals surface area contributed by atoms with Crippen LogP contribution in [0.4, 0.5) is 0 Å². The number of hydrogen-bond donors (Lipinski definition) is 1. The average molecular weight is 280 g/mol. The molecule has 0 unspecified atom stereocenters. The van der Waals surface area contributed by atoms with E-state index in [1.165, 1.54) is 13.3 Å². The summed E-state index contributed by atoms with van der Waals surface area (Å²) in [5.41, 5.74) is 3.98. The zero-order valence-corrected chi connectivity index (χ0v) is 11.7. The number of ether oxygens (including phenoxy) is 1. The number of hydrogen-bond acceptors (Lipinski definition) is 3. The van der Waals surface area contributed by atoms with Crippen molar-refractivity contribution >= 4 is 18.2 Å². The van der Waals surface area contributed by atoms with Gasteiger partial charge in [-0.15, -0.1) is 0 Å². The molecule has 0 aliphatic heterocycles. The van der Waals surface area contributed by atoms with Crippen LogP contribution in [-0.2, 0) is 0 Å². The number of hydrazone groups is 1. The third-order valence-electron chi connectivity index (χ3n) is 2.77. The van der Waals surface area contributed by atoms with Crippen molar-refractivity contribution in [2.75, 3.05) is 7.11 Å². The summed E-state index contributed by atoms with van der Waals surface area (Å²) in [6.07, 6.45) is 5.19. The molecule has 0 saturated carbocycles. The first kappa shape index (κ1) is 14.5. The molecule has 0 atom stereocenters. The van der Waals surface area contributed by atoms with Crippen LogP contribution in [0.15, 0.2) is 65.8 Å². The van der Waals surface area contributed by atoms with Crippen LogP contribution in [0.3, 0.4) is 0 Å². The highest BCUT2D eigenvalue weighted by Crippen LogP contribution is 2.16. The highest BCUT2D eigenvalue weighted by atomic mass is 16.5. The zero-order chi connectivity index (χ0) is 14.9. The maximum atomic E-state index is 11.9. The van der Waals surface area contributed by atoms with Gasteiger partial charge in [0.25, 0.3) is 5.91 Å². The number of carbonyl (C=O) groups is 1. The van der Waals surface area contributed by atoms with E-state index in [9.17, 15) is 4.79 Å². The summed E-state index contributed by atoms with van der Waals surface area (Å²) in [6, 6.07) is 16.8. The number of amides is 1. The fourth-order valence-corrected chi connectivity index (χ4v) is 1.75. The van der Waals surface area contributed by atoms with E-state index in [-0.39, 0.29) is 5.91 Å². The Bertz CT molecular complexity index is 649. The largest absolute Gasteiger partial charge is 0.496 e. The van der Waals surface area contributed by atoms with Crippen LogP contribution in [0.1, 0.15) is 15.9 Å². The molecule has 0 bridgehead atoms. The van der Waals surface area contributed by atoms with Gasteiger partial charge in [0.2, 0.25) is 0 Å². The molecule has 1 amide bonds. The number of allylic oxidation sites excluding steroid dienone is 1. The Labute approximate surface area is 123 Å². The summed E-state index contributed by atoms with van der Waals surface area (Å²) >= 11 is 0. The molecule has 21 heavy (non-hydrogen) atoms. The van der Waals surface area contributed by atoms with Crippen molar-refractivity contribution < 1.29 is 9.53 Å². The van der Waals surface area contributed by atoms with Crippen molar-refractivity contribution in [1.29, 1.82) is 0 Å².